The van der Waals surface area contributed by atoms with Crippen LogP contribution in [0.3, 0.4) is 0 Å². The maximum Gasteiger partial charge on any atom is 0.213 e. The Morgan fingerprint density at radius 2 is 1.38 bits per heavy atom. The number of nitrogens with one attached hydrogen (secondary N) is 4. The Bertz CT molecular complexity index is 1200. The van der Waals surface area contributed by atoms with Crippen LogP contribution in [-0.4, -0.2) is 72.0 Å². The molecule has 0 radical (unpaired) electrons. The van der Waals surface area contributed by atoms with Crippen LogP contribution in [-0.2, 0) is 6.54 Å². The Labute approximate surface area is 244 Å². The van der Waals surface area contributed by atoms with Crippen molar-refractivity contribution in [2.75, 3.05) is 76.9 Å². The van der Waals surface area contributed by atoms with Crippen molar-refractivity contribution >= 4 is 34.4 Å². The van der Waals surface area contributed by atoms with Crippen molar-refractivity contribution in [3.63, 3.8) is 0 Å². The maximum atomic E-state index is 5.55. The molecular formula is C31H47N8S+. The SMILES string of the molecule is NCCNCCNCCCN1/C(=C/c2cc[n+](CCCNCCNCCN)c3ccccc23)Sc2ccccc21. The third-order valence-electron chi connectivity index (χ3n) is 6.96. The first-order chi connectivity index (χ1) is 19.8. The van der Waals surface area contributed by atoms with Crippen molar-refractivity contribution in [1.29, 1.82) is 0 Å². The molecule has 8 N–H and O–H groups in total. The maximum absolute atomic E-state index is 5.55. The van der Waals surface area contributed by atoms with E-state index < -0.39 is 0 Å². The molecule has 0 saturated heterocycles. The van der Waals surface area contributed by atoms with Gasteiger partial charge in [-0.2, -0.15) is 4.57 Å². The molecule has 2 aromatic carbocycles. The van der Waals surface area contributed by atoms with Gasteiger partial charge in [-0.3, -0.25) is 0 Å². The van der Waals surface area contributed by atoms with Gasteiger partial charge in [0.05, 0.1) is 16.1 Å². The van der Waals surface area contributed by atoms with Gasteiger partial charge < -0.3 is 37.6 Å². The number of rotatable bonds is 19. The molecule has 0 bridgehead atoms. The van der Waals surface area contributed by atoms with E-state index in [0.29, 0.717) is 13.1 Å². The first kappa shape index (κ1) is 30.5. The summed E-state index contributed by atoms with van der Waals surface area (Å²) in [6, 6.07) is 19.8. The van der Waals surface area contributed by atoms with E-state index in [-0.39, 0.29) is 0 Å². The average Bonchev–Trinajstić information content (AvgIpc) is 3.33. The Balaban J connectivity index is 1.40. The normalized spacial score (nSPS) is 13.9. The van der Waals surface area contributed by atoms with E-state index in [4.69, 9.17) is 11.5 Å². The molecule has 0 unspecified atom stereocenters. The number of nitrogens with two attached hydrogens (primary N) is 2. The number of benzene rings is 2. The van der Waals surface area contributed by atoms with Gasteiger partial charge in [-0.25, -0.2) is 0 Å². The van der Waals surface area contributed by atoms with Crippen molar-refractivity contribution in [2.24, 2.45) is 11.5 Å². The molecule has 0 saturated carbocycles. The predicted molar refractivity (Wildman–Crippen MR) is 171 cm³/mol. The molecule has 1 aromatic heterocycles. The molecule has 0 spiro atoms. The van der Waals surface area contributed by atoms with Gasteiger partial charge in [-0.15, -0.1) is 0 Å². The fourth-order valence-corrected chi connectivity index (χ4v) is 6.09. The molecule has 9 heteroatoms. The van der Waals surface area contributed by atoms with E-state index >= 15 is 0 Å². The van der Waals surface area contributed by atoms with E-state index in [1.165, 1.54) is 32.1 Å². The number of pyridine rings is 1. The molecule has 40 heavy (non-hydrogen) atoms. The lowest BCUT2D eigenvalue weighted by atomic mass is 10.1. The summed E-state index contributed by atoms with van der Waals surface area (Å²) in [4.78, 5) is 3.81. The smallest absolute Gasteiger partial charge is 0.213 e. The fourth-order valence-electron chi connectivity index (χ4n) is 4.95. The van der Waals surface area contributed by atoms with Crippen LogP contribution in [0.5, 0.6) is 0 Å². The summed E-state index contributed by atoms with van der Waals surface area (Å²) in [6.45, 7) is 10.9. The zero-order valence-corrected chi connectivity index (χ0v) is 24.5. The molecule has 3 aromatic rings. The van der Waals surface area contributed by atoms with Gasteiger partial charge in [0.15, 0.2) is 6.20 Å². The molecule has 216 valence electrons. The number of fused-ring (bicyclic) bond motifs is 2. The number of para-hydroxylation sites is 2. The second-order valence-electron chi connectivity index (χ2n) is 9.97. The lowest BCUT2D eigenvalue weighted by Crippen LogP contribution is -2.37. The number of aromatic nitrogens is 1. The van der Waals surface area contributed by atoms with Crippen molar-refractivity contribution in [1.82, 2.24) is 21.3 Å². The minimum Gasteiger partial charge on any atom is -0.335 e. The summed E-state index contributed by atoms with van der Waals surface area (Å²) < 4.78 is 2.38. The second kappa shape index (κ2) is 17.3. The zero-order valence-electron chi connectivity index (χ0n) is 23.7. The number of nitrogens with zero attached hydrogens (tertiary/aromatic N) is 2. The van der Waals surface area contributed by atoms with E-state index in [2.05, 4.69) is 97.6 Å². The number of hydrogen-bond acceptors (Lipinski definition) is 8. The van der Waals surface area contributed by atoms with Crippen molar-refractivity contribution in [2.45, 2.75) is 24.3 Å². The monoisotopic (exact) mass is 563 g/mol. The number of hydrogen-bond donors (Lipinski definition) is 6. The summed E-state index contributed by atoms with van der Waals surface area (Å²) in [7, 11) is 0. The Kier molecular flexibility index (Phi) is 13.2. The minimum atomic E-state index is 0.684. The van der Waals surface area contributed by atoms with Crippen LogP contribution in [0.4, 0.5) is 5.69 Å². The lowest BCUT2D eigenvalue weighted by molar-refractivity contribution is -0.671. The number of aryl methyl sites for hydroxylation is 1. The largest absolute Gasteiger partial charge is 0.335 e. The van der Waals surface area contributed by atoms with Gasteiger partial charge in [0.1, 0.15) is 6.54 Å². The molecule has 8 nitrogen and oxygen atoms in total. The van der Waals surface area contributed by atoms with Crippen LogP contribution < -0.4 is 42.2 Å². The van der Waals surface area contributed by atoms with E-state index in [9.17, 15) is 0 Å². The topological polar surface area (TPSA) is 107 Å². The highest BCUT2D eigenvalue weighted by Crippen LogP contribution is 2.46. The number of thioether (sulfide) groups is 1. The van der Waals surface area contributed by atoms with Crippen LogP contribution in [0.2, 0.25) is 0 Å². The molecule has 2 heterocycles. The Hall–Kier alpha value is -2.50. The Morgan fingerprint density at radius 3 is 2.12 bits per heavy atom. The first-order valence-corrected chi connectivity index (χ1v) is 15.5. The van der Waals surface area contributed by atoms with Crippen LogP contribution in [0.25, 0.3) is 17.0 Å². The van der Waals surface area contributed by atoms with Gasteiger partial charge in [0.2, 0.25) is 5.52 Å². The predicted octanol–water partition coefficient (Wildman–Crippen LogP) is 2.09. The van der Waals surface area contributed by atoms with Crippen molar-refractivity contribution in [3.8, 4) is 0 Å². The standard InChI is InChI=1S/C31H47N8S/c32-12-16-36-20-18-34-14-5-22-38-24-11-26(27-7-1-2-8-28(27)38)25-31-39(29-9-3-4-10-30(29)40-31)23-6-15-35-19-21-37-17-13-33/h1-4,7-11,24-25,34-37H,5-6,12-23,32-33H2/q+1. The van der Waals surface area contributed by atoms with Crippen LogP contribution in [0.15, 0.2) is 70.7 Å². The molecule has 1 aliphatic heterocycles. The van der Waals surface area contributed by atoms with E-state index in [1.807, 2.05) is 11.8 Å². The van der Waals surface area contributed by atoms with Crippen LogP contribution >= 0.6 is 11.8 Å². The van der Waals surface area contributed by atoms with Crippen molar-refractivity contribution in [3.05, 3.63) is 71.4 Å². The number of anilines is 1. The average molecular weight is 564 g/mol. The van der Waals surface area contributed by atoms with Gasteiger partial charge in [0.25, 0.3) is 0 Å². The molecule has 0 amide bonds. The molecule has 0 aliphatic carbocycles. The summed E-state index contributed by atoms with van der Waals surface area (Å²) in [5.74, 6) is 0. The first-order valence-electron chi connectivity index (χ1n) is 14.7. The summed E-state index contributed by atoms with van der Waals surface area (Å²) in [5, 5.41) is 16.3. The highest BCUT2D eigenvalue weighted by atomic mass is 32.2. The molecule has 0 atom stereocenters. The van der Waals surface area contributed by atoms with E-state index in [0.717, 1.165) is 78.3 Å². The zero-order chi connectivity index (χ0) is 27.8. The quantitative estimate of drug-likeness (QED) is 0.0973. The summed E-state index contributed by atoms with van der Waals surface area (Å²) >= 11 is 1.87. The third kappa shape index (κ3) is 9.01. The third-order valence-corrected chi connectivity index (χ3v) is 8.07. The minimum absolute atomic E-state index is 0.684. The molecule has 1 aliphatic rings. The Morgan fingerprint density at radius 1 is 0.725 bits per heavy atom. The molecule has 0 fully saturated rings. The van der Waals surface area contributed by atoms with Crippen molar-refractivity contribution < 1.29 is 4.57 Å². The highest BCUT2D eigenvalue weighted by molar-refractivity contribution is 8.03. The highest BCUT2D eigenvalue weighted by Gasteiger charge is 2.25. The second-order valence-corrected chi connectivity index (χ2v) is 11.0. The van der Waals surface area contributed by atoms with Crippen LogP contribution in [0.1, 0.15) is 18.4 Å². The summed E-state index contributed by atoms with van der Waals surface area (Å²) in [6.07, 6.45) is 6.78. The molecule has 4 rings (SSSR count). The van der Waals surface area contributed by atoms with Gasteiger partial charge in [-0.1, -0.05) is 36.0 Å². The van der Waals surface area contributed by atoms with E-state index in [1.54, 1.807) is 0 Å². The lowest BCUT2D eigenvalue weighted by Gasteiger charge is -2.21. The van der Waals surface area contributed by atoms with Crippen LogP contribution in [0, 0.1) is 0 Å². The summed E-state index contributed by atoms with van der Waals surface area (Å²) in [5.41, 5.74) is 14.9. The van der Waals surface area contributed by atoms with Gasteiger partial charge >= 0.3 is 0 Å². The van der Waals surface area contributed by atoms with Gasteiger partial charge in [-0.05, 0) is 42.8 Å². The molecular weight excluding hydrogens is 516 g/mol. The van der Waals surface area contributed by atoms with Gasteiger partial charge in [0, 0.05) is 88.9 Å². The fraction of sp³-hybridized carbons (Fsp3) is 0.452.